The fraction of sp³-hybridized carbons (Fsp3) is 0.556. The Morgan fingerprint density at radius 3 is 2.82 bits per heavy atom. The molecule has 2 unspecified atom stereocenters. The van der Waals surface area contributed by atoms with Crippen LogP contribution in [0.4, 0.5) is 4.39 Å². The highest BCUT2D eigenvalue weighted by molar-refractivity contribution is 7.89. The van der Waals surface area contributed by atoms with E-state index in [1.54, 1.807) is 6.07 Å². The van der Waals surface area contributed by atoms with E-state index in [0.717, 1.165) is 37.9 Å². The summed E-state index contributed by atoms with van der Waals surface area (Å²) in [6, 6.07) is 4.77. The van der Waals surface area contributed by atoms with Gasteiger partial charge in [-0.2, -0.15) is 9.57 Å². The molecule has 1 aromatic rings. The summed E-state index contributed by atoms with van der Waals surface area (Å²) in [5.74, 6) is -0.754. The maximum Gasteiger partial charge on any atom is 0.243 e. The number of nitriles is 1. The van der Waals surface area contributed by atoms with Crippen molar-refractivity contribution in [3.8, 4) is 6.07 Å². The SMILES string of the molecule is Cl.N#Cc1cc(S(=O)(=O)N2CCCC(CNC(=O)C3CCCN3)C2)ccc1F. The van der Waals surface area contributed by atoms with Crippen LogP contribution in [0.1, 0.15) is 31.2 Å². The zero-order chi connectivity index (χ0) is 19.4. The maximum absolute atomic E-state index is 13.5. The lowest BCUT2D eigenvalue weighted by Crippen LogP contribution is -2.46. The molecule has 0 aliphatic carbocycles. The van der Waals surface area contributed by atoms with Gasteiger partial charge in [-0.1, -0.05) is 0 Å². The van der Waals surface area contributed by atoms with Gasteiger partial charge in [0.25, 0.3) is 0 Å². The highest BCUT2D eigenvalue weighted by Crippen LogP contribution is 2.24. The zero-order valence-electron chi connectivity index (χ0n) is 15.4. The normalized spacial score (nSPS) is 22.9. The molecule has 7 nitrogen and oxygen atoms in total. The van der Waals surface area contributed by atoms with Crippen molar-refractivity contribution in [1.82, 2.24) is 14.9 Å². The first-order valence-electron chi connectivity index (χ1n) is 9.12. The van der Waals surface area contributed by atoms with Gasteiger partial charge in [0.15, 0.2) is 0 Å². The minimum absolute atomic E-state index is 0. The monoisotopic (exact) mass is 430 g/mol. The van der Waals surface area contributed by atoms with Crippen LogP contribution in [0.15, 0.2) is 23.1 Å². The summed E-state index contributed by atoms with van der Waals surface area (Å²) in [7, 11) is -3.81. The number of hydrogen-bond donors (Lipinski definition) is 2. The van der Waals surface area contributed by atoms with Gasteiger partial charge in [0.2, 0.25) is 15.9 Å². The lowest BCUT2D eigenvalue weighted by Gasteiger charge is -2.32. The molecule has 3 rings (SSSR count). The molecule has 10 heteroatoms. The van der Waals surface area contributed by atoms with E-state index < -0.39 is 15.8 Å². The smallest absolute Gasteiger partial charge is 0.243 e. The van der Waals surface area contributed by atoms with Crippen LogP contribution in [0.3, 0.4) is 0 Å². The number of carbonyl (C=O) groups is 1. The van der Waals surface area contributed by atoms with E-state index in [2.05, 4.69) is 10.6 Å². The molecule has 2 saturated heterocycles. The topological polar surface area (TPSA) is 102 Å². The van der Waals surface area contributed by atoms with Crippen molar-refractivity contribution >= 4 is 28.3 Å². The summed E-state index contributed by atoms with van der Waals surface area (Å²) < 4.78 is 40.6. The van der Waals surface area contributed by atoms with E-state index in [1.807, 2.05) is 0 Å². The number of halogens is 2. The van der Waals surface area contributed by atoms with Crippen molar-refractivity contribution in [2.24, 2.45) is 5.92 Å². The Kier molecular flexibility index (Phi) is 7.78. The summed E-state index contributed by atoms with van der Waals surface area (Å²) in [6.45, 7) is 1.93. The van der Waals surface area contributed by atoms with E-state index in [-0.39, 0.29) is 40.7 Å². The first kappa shape index (κ1) is 22.6. The number of nitrogens with zero attached hydrogens (tertiary/aromatic N) is 2. The molecule has 2 aliphatic rings. The lowest BCUT2D eigenvalue weighted by molar-refractivity contribution is -0.123. The number of amides is 1. The quantitative estimate of drug-likeness (QED) is 0.734. The van der Waals surface area contributed by atoms with E-state index in [1.165, 1.54) is 10.4 Å². The second kappa shape index (κ2) is 9.65. The molecule has 2 atom stereocenters. The average Bonchev–Trinajstić information content (AvgIpc) is 3.21. The summed E-state index contributed by atoms with van der Waals surface area (Å²) >= 11 is 0. The molecule has 2 aliphatic heterocycles. The van der Waals surface area contributed by atoms with Crippen LogP contribution < -0.4 is 10.6 Å². The van der Waals surface area contributed by atoms with Crippen molar-refractivity contribution < 1.29 is 17.6 Å². The van der Waals surface area contributed by atoms with Gasteiger partial charge >= 0.3 is 0 Å². The van der Waals surface area contributed by atoms with E-state index in [4.69, 9.17) is 5.26 Å². The van der Waals surface area contributed by atoms with Crippen LogP contribution in [0, 0.1) is 23.1 Å². The third kappa shape index (κ3) is 5.00. The first-order valence-corrected chi connectivity index (χ1v) is 10.6. The highest BCUT2D eigenvalue weighted by Gasteiger charge is 2.31. The first-order chi connectivity index (χ1) is 12.9. The zero-order valence-corrected chi connectivity index (χ0v) is 17.0. The molecule has 28 heavy (non-hydrogen) atoms. The van der Waals surface area contributed by atoms with Crippen LogP contribution in [0.5, 0.6) is 0 Å². The molecular formula is C18H24ClFN4O3S. The number of rotatable bonds is 5. The maximum atomic E-state index is 13.5. The van der Waals surface area contributed by atoms with Gasteiger partial charge in [-0.3, -0.25) is 4.79 Å². The van der Waals surface area contributed by atoms with Gasteiger partial charge in [0.05, 0.1) is 16.5 Å². The summed E-state index contributed by atoms with van der Waals surface area (Å²) in [4.78, 5) is 12.0. The van der Waals surface area contributed by atoms with Gasteiger partial charge in [0.1, 0.15) is 11.9 Å². The fourth-order valence-electron chi connectivity index (χ4n) is 3.59. The fourth-order valence-corrected chi connectivity index (χ4v) is 5.17. The minimum Gasteiger partial charge on any atom is -0.354 e. The van der Waals surface area contributed by atoms with Crippen LogP contribution in [0.25, 0.3) is 0 Å². The number of piperidine rings is 1. The Morgan fingerprint density at radius 1 is 1.36 bits per heavy atom. The van der Waals surface area contributed by atoms with Gasteiger partial charge < -0.3 is 10.6 Å². The van der Waals surface area contributed by atoms with Gasteiger partial charge in [-0.15, -0.1) is 12.4 Å². The Bertz CT molecular complexity index is 853. The van der Waals surface area contributed by atoms with Crippen molar-refractivity contribution in [3.05, 3.63) is 29.6 Å². The van der Waals surface area contributed by atoms with Crippen LogP contribution in [-0.2, 0) is 14.8 Å². The molecule has 0 aromatic heterocycles. The van der Waals surface area contributed by atoms with Gasteiger partial charge in [0, 0.05) is 19.6 Å². The Balaban J connectivity index is 0.00000280. The van der Waals surface area contributed by atoms with E-state index in [0.29, 0.717) is 26.1 Å². The number of hydrogen-bond acceptors (Lipinski definition) is 5. The second-order valence-electron chi connectivity index (χ2n) is 7.02. The van der Waals surface area contributed by atoms with Crippen molar-refractivity contribution in [2.75, 3.05) is 26.2 Å². The third-order valence-electron chi connectivity index (χ3n) is 5.12. The standard InChI is InChI=1S/C18H23FN4O3S.ClH/c19-16-6-5-15(9-14(16)10-20)27(25,26)23-8-2-3-13(12-23)11-22-18(24)17-4-1-7-21-17;/h5-6,9,13,17,21H,1-4,7-8,11-12H2,(H,22,24);1H. The van der Waals surface area contributed by atoms with Gasteiger partial charge in [-0.25, -0.2) is 12.8 Å². The molecule has 1 aromatic carbocycles. The van der Waals surface area contributed by atoms with E-state index >= 15 is 0 Å². The van der Waals surface area contributed by atoms with E-state index in [9.17, 15) is 17.6 Å². The number of nitrogens with one attached hydrogen (secondary N) is 2. The molecule has 154 valence electrons. The molecule has 1 amide bonds. The molecular weight excluding hydrogens is 407 g/mol. The molecule has 0 saturated carbocycles. The Hall–Kier alpha value is -1.73. The summed E-state index contributed by atoms with van der Waals surface area (Å²) in [6.07, 6.45) is 3.32. The lowest BCUT2D eigenvalue weighted by atomic mass is 9.99. The molecule has 2 fully saturated rings. The third-order valence-corrected chi connectivity index (χ3v) is 6.98. The molecule has 0 spiro atoms. The molecule has 2 N–H and O–H groups in total. The Morgan fingerprint density at radius 2 is 2.14 bits per heavy atom. The van der Waals surface area contributed by atoms with Crippen molar-refractivity contribution in [2.45, 2.75) is 36.6 Å². The van der Waals surface area contributed by atoms with Gasteiger partial charge in [-0.05, 0) is 56.3 Å². The average molecular weight is 431 g/mol. The Labute approximate surface area is 170 Å². The van der Waals surface area contributed by atoms with Crippen LogP contribution in [-0.4, -0.2) is 50.9 Å². The predicted octanol–water partition coefficient (Wildman–Crippen LogP) is 1.39. The number of benzene rings is 1. The minimum atomic E-state index is -3.81. The summed E-state index contributed by atoms with van der Waals surface area (Å²) in [5.41, 5.74) is -0.291. The van der Waals surface area contributed by atoms with Crippen molar-refractivity contribution in [3.63, 3.8) is 0 Å². The van der Waals surface area contributed by atoms with Crippen LogP contribution >= 0.6 is 12.4 Å². The van der Waals surface area contributed by atoms with Crippen LogP contribution in [0.2, 0.25) is 0 Å². The molecule has 2 heterocycles. The largest absolute Gasteiger partial charge is 0.354 e. The number of sulfonamides is 1. The van der Waals surface area contributed by atoms with Crippen molar-refractivity contribution in [1.29, 1.82) is 5.26 Å². The number of carbonyl (C=O) groups excluding carboxylic acids is 1. The second-order valence-corrected chi connectivity index (χ2v) is 8.96. The highest BCUT2D eigenvalue weighted by atomic mass is 35.5. The molecule has 0 radical (unpaired) electrons. The predicted molar refractivity (Wildman–Crippen MR) is 104 cm³/mol. The molecule has 0 bridgehead atoms. The summed E-state index contributed by atoms with van der Waals surface area (Å²) in [5, 5.41) is 15.0.